The van der Waals surface area contributed by atoms with Crippen LogP contribution in [0.25, 0.3) is 0 Å². The molecule has 1 aliphatic carbocycles. The maximum atomic E-state index is 5.48. The third-order valence-electron chi connectivity index (χ3n) is 3.08. The second kappa shape index (κ2) is 2.69. The Kier molecular flexibility index (Phi) is 1.63. The zero-order valence-electron chi connectivity index (χ0n) is 7.07. The molecule has 2 aliphatic heterocycles. The van der Waals surface area contributed by atoms with Crippen LogP contribution in [0, 0.1) is 5.92 Å². The van der Waals surface area contributed by atoms with Crippen molar-refractivity contribution in [2.24, 2.45) is 5.92 Å². The first-order valence-electron chi connectivity index (χ1n) is 4.82. The van der Waals surface area contributed by atoms with Crippen LogP contribution in [0.3, 0.4) is 0 Å². The number of rotatable bonds is 1. The van der Waals surface area contributed by atoms with E-state index in [-0.39, 0.29) is 6.29 Å². The zero-order chi connectivity index (χ0) is 7.97. The Hall–Kier alpha value is -0.120. The van der Waals surface area contributed by atoms with Crippen molar-refractivity contribution in [1.29, 1.82) is 0 Å². The van der Waals surface area contributed by atoms with Gasteiger partial charge in [0.15, 0.2) is 6.29 Å². The van der Waals surface area contributed by atoms with Gasteiger partial charge in [-0.1, -0.05) is 0 Å². The Balaban J connectivity index is 1.60. The predicted molar refractivity (Wildman–Crippen MR) is 41.7 cm³/mol. The highest BCUT2D eigenvalue weighted by Gasteiger charge is 2.46. The number of hydrogen-bond acceptors (Lipinski definition) is 3. The van der Waals surface area contributed by atoms with Gasteiger partial charge in [0, 0.05) is 5.92 Å². The van der Waals surface area contributed by atoms with Crippen molar-refractivity contribution >= 4 is 0 Å². The lowest BCUT2D eigenvalue weighted by Gasteiger charge is -2.23. The normalized spacial score (nSPS) is 47.5. The fraction of sp³-hybridized carbons (Fsp3) is 1.00. The standard InChI is InChI=1S/C9H14O3/c1-2-7-8(12-7)5-6(1)9-10-3-4-11-9/h6-9H,1-5H2/t6-,7+,8+/m1/s1. The van der Waals surface area contributed by atoms with E-state index in [4.69, 9.17) is 14.2 Å². The Morgan fingerprint density at radius 1 is 0.917 bits per heavy atom. The molecular formula is C9H14O3. The fourth-order valence-corrected chi connectivity index (χ4v) is 2.33. The number of ether oxygens (including phenoxy) is 3. The molecule has 0 radical (unpaired) electrons. The number of epoxide rings is 1. The van der Waals surface area contributed by atoms with E-state index in [0.29, 0.717) is 18.1 Å². The average Bonchev–Trinajstić information content (AvgIpc) is 2.66. The summed E-state index contributed by atoms with van der Waals surface area (Å²) in [5, 5.41) is 0. The lowest BCUT2D eigenvalue weighted by atomic mass is 9.89. The summed E-state index contributed by atoms with van der Waals surface area (Å²) in [6.07, 6.45) is 4.77. The van der Waals surface area contributed by atoms with Crippen LogP contribution in [-0.4, -0.2) is 31.7 Å². The van der Waals surface area contributed by atoms with Crippen LogP contribution >= 0.6 is 0 Å². The SMILES string of the molecule is C1COC([C@@H]2CC[C@@H]3O[C@H]3C2)O1. The average molecular weight is 170 g/mol. The van der Waals surface area contributed by atoms with Crippen LogP contribution in [-0.2, 0) is 14.2 Å². The topological polar surface area (TPSA) is 31.0 Å². The molecule has 0 spiro atoms. The molecule has 3 heteroatoms. The van der Waals surface area contributed by atoms with Gasteiger partial charge >= 0.3 is 0 Å². The van der Waals surface area contributed by atoms with Crippen molar-refractivity contribution in [3.05, 3.63) is 0 Å². The van der Waals surface area contributed by atoms with Crippen molar-refractivity contribution in [1.82, 2.24) is 0 Å². The summed E-state index contributed by atoms with van der Waals surface area (Å²) < 4.78 is 16.4. The summed E-state index contributed by atoms with van der Waals surface area (Å²) in [6, 6.07) is 0. The first-order valence-corrected chi connectivity index (χ1v) is 4.82. The van der Waals surface area contributed by atoms with Crippen LogP contribution in [0.5, 0.6) is 0 Å². The molecule has 0 aromatic rings. The van der Waals surface area contributed by atoms with Gasteiger partial charge in [0.05, 0.1) is 25.4 Å². The molecule has 3 rings (SSSR count). The van der Waals surface area contributed by atoms with E-state index in [9.17, 15) is 0 Å². The van der Waals surface area contributed by atoms with Crippen molar-refractivity contribution in [2.45, 2.75) is 37.8 Å². The number of hydrogen-bond donors (Lipinski definition) is 0. The van der Waals surface area contributed by atoms with Gasteiger partial charge < -0.3 is 14.2 Å². The van der Waals surface area contributed by atoms with Crippen LogP contribution in [0.2, 0.25) is 0 Å². The molecule has 2 saturated heterocycles. The molecule has 0 unspecified atom stereocenters. The molecule has 0 N–H and O–H groups in total. The molecular weight excluding hydrogens is 156 g/mol. The highest BCUT2D eigenvalue weighted by atomic mass is 16.7. The Labute approximate surface area is 72.0 Å². The van der Waals surface area contributed by atoms with Gasteiger partial charge in [-0.2, -0.15) is 0 Å². The van der Waals surface area contributed by atoms with E-state index >= 15 is 0 Å². The summed E-state index contributed by atoms with van der Waals surface area (Å²) in [7, 11) is 0. The zero-order valence-corrected chi connectivity index (χ0v) is 7.07. The highest BCUT2D eigenvalue weighted by molar-refractivity contribution is 4.93. The van der Waals surface area contributed by atoms with Crippen LogP contribution < -0.4 is 0 Å². The molecule has 12 heavy (non-hydrogen) atoms. The third kappa shape index (κ3) is 1.16. The van der Waals surface area contributed by atoms with Gasteiger partial charge in [-0.25, -0.2) is 0 Å². The molecule has 3 aliphatic rings. The molecule has 2 heterocycles. The Morgan fingerprint density at radius 3 is 2.50 bits per heavy atom. The first-order chi connectivity index (χ1) is 5.93. The molecule has 0 bridgehead atoms. The lowest BCUT2D eigenvalue weighted by Crippen LogP contribution is -2.26. The summed E-state index contributed by atoms with van der Waals surface area (Å²) in [4.78, 5) is 0. The van der Waals surface area contributed by atoms with Crippen LogP contribution in [0.15, 0.2) is 0 Å². The molecule has 3 atom stereocenters. The largest absolute Gasteiger partial charge is 0.370 e. The minimum Gasteiger partial charge on any atom is -0.370 e. The number of fused-ring (bicyclic) bond motifs is 1. The van der Waals surface area contributed by atoms with Gasteiger partial charge in [-0.15, -0.1) is 0 Å². The van der Waals surface area contributed by atoms with Gasteiger partial charge in [0.25, 0.3) is 0 Å². The Morgan fingerprint density at radius 2 is 1.75 bits per heavy atom. The first kappa shape index (κ1) is 7.30. The molecule has 68 valence electrons. The van der Waals surface area contributed by atoms with Crippen molar-refractivity contribution in [3.63, 3.8) is 0 Å². The van der Waals surface area contributed by atoms with Gasteiger partial charge in [-0.3, -0.25) is 0 Å². The summed E-state index contributed by atoms with van der Waals surface area (Å²) in [6.45, 7) is 1.55. The van der Waals surface area contributed by atoms with Gasteiger partial charge in [0.1, 0.15) is 0 Å². The minimum atomic E-state index is 0.0788. The van der Waals surface area contributed by atoms with Gasteiger partial charge in [0.2, 0.25) is 0 Å². The molecule has 3 nitrogen and oxygen atoms in total. The Bertz CT molecular complexity index is 177. The summed E-state index contributed by atoms with van der Waals surface area (Å²) in [5.74, 6) is 0.594. The molecule has 1 saturated carbocycles. The fourth-order valence-electron chi connectivity index (χ4n) is 2.33. The van der Waals surface area contributed by atoms with E-state index in [2.05, 4.69) is 0 Å². The summed E-state index contributed by atoms with van der Waals surface area (Å²) in [5.41, 5.74) is 0. The highest BCUT2D eigenvalue weighted by Crippen LogP contribution is 2.41. The second-order valence-corrected chi connectivity index (χ2v) is 3.90. The van der Waals surface area contributed by atoms with E-state index in [1.54, 1.807) is 0 Å². The minimum absolute atomic E-state index is 0.0788. The van der Waals surface area contributed by atoms with E-state index in [0.717, 1.165) is 19.6 Å². The molecule has 3 fully saturated rings. The van der Waals surface area contributed by atoms with E-state index in [1.807, 2.05) is 0 Å². The lowest BCUT2D eigenvalue weighted by molar-refractivity contribution is -0.0904. The van der Waals surface area contributed by atoms with E-state index in [1.165, 1.54) is 12.8 Å². The molecule has 0 aromatic carbocycles. The third-order valence-corrected chi connectivity index (χ3v) is 3.08. The molecule has 0 amide bonds. The quantitative estimate of drug-likeness (QED) is 0.548. The van der Waals surface area contributed by atoms with Crippen molar-refractivity contribution in [2.75, 3.05) is 13.2 Å². The maximum Gasteiger partial charge on any atom is 0.160 e. The maximum absolute atomic E-state index is 5.48. The van der Waals surface area contributed by atoms with Crippen LogP contribution in [0.4, 0.5) is 0 Å². The monoisotopic (exact) mass is 170 g/mol. The van der Waals surface area contributed by atoms with Gasteiger partial charge in [-0.05, 0) is 19.3 Å². The summed E-state index contributed by atoms with van der Waals surface area (Å²) >= 11 is 0. The van der Waals surface area contributed by atoms with Crippen molar-refractivity contribution in [3.8, 4) is 0 Å². The van der Waals surface area contributed by atoms with Crippen LogP contribution in [0.1, 0.15) is 19.3 Å². The predicted octanol–water partition coefficient (Wildman–Crippen LogP) is 0.927. The molecule has 0 aromatic heterocycles. The second-order valence-electron chi connectivity index (χ2n) is 3.90. The van der Waals surface area contributed by atoms with Crippen molar-refractivity contribution < 1.29 is 14.2 Å². The smallest absolute Gasteiger partial charge is 0.160 e. The van der Waals surface area contributed by atoms with E-state index < -0.39 is 0 Å².